The van der Waals surface area contributed by atoms with Crippen LogP contribution in [0.15, 0.2) is 67.3 Å². The molecule has 3 nitrogen and oxygen atoms in total. The fourth-order valence-electron chi connectivity index (χ4n) is 1.97. The second-order valence-electron chi connectivity index (χ2n) is 4.54. The highest BCUT2D eigenvalue weighted by Crippen LogP contribution is 2.22. The molecule has 110 valence electrons. The molecule has 0 saturated heterocycles. The van der Waals surface area contributed by atoms with Gasteiger partial charge in [0, 0.05) is 5.02 Å². The molecule has 2 rings (SSSR count). The average Bonchev–Trinajstić information content (AvgIpc) is 2.46. The second-order valence-corrected chi connectivity index (χ2v) is 6.87. The summed E-state index contributed by atoms with van der Waals surface area (Å²) in [4.78, 5) is 0. The smallest absolute Gasteiger partial charge is 0.239 e. The number of nitrogens with zero attached hydrogens (tertiary/aromatic N) is 1. The van der Waals surface area contributed by atoms with E-state index in [1.807, 2.05) is 18.2 Å². The maximum Gasteiger partial charge on any atom is 0.239 e. The van der Waals surface area contributed by atoms with Gasteiger partial charge in [-0.05, 0) is 29.8 Å². The van der Waals surface area contributed by atoms with Crippen LogP contribution < -0.4 is 4.31 Å². The van der Waals surface area contributed by atoms with Crippen LogP contribution in [0.25, 0.3) is 0 Å². The van der Waals surface area contributed by atoms with E-state index in [0.717, 1.165) is 5.56 Å². The van der Waals surface area contributed by atoms with Crippen LogP contribution in [0.5, 0.6) is 0 Å². The van der Waals surface area contributed by atoms with Gasteiger partial charge in [-0.2, -0.15) is 0 Å². The summed E-state index contributed by atoms with van der Waals surface area (Å²) in [5, 5.41) is 0.567. The van der Waals surface area contributed by atoms with Gasteiger partial charge in [0.1, 0.15) is 0 Å². The van der Waals surface area contributed by atoms with Crippen molar-refractivity contribution in [3.63, 3.8) is 0 Å². The lowest BCUT2D eigenvalue weighted by Crippen LogP contribution is -2.32. The van der Waals surface area contributed by atoms with E-state index in [-0.39, 0.29) is 12.3 Å². The molecule has 0 aromatic heterocycles. The zero-order valence-corrected chi connectivity index (χ0v) is 13.0. The Kier molecular flexibility index (Phi) is 5.04. The van der Waals surface area contributed by atoms with Crippen molar-refractivity contribution in [1.82, 2.24) is 0 Å². The first-order valence-electron chi connectivity index (χ1n) is 6.44. The number of sulfonamides is 1. The topological polar surface area (TPSA) is 37.4 Å². The minimum absolute atomic E-state index is 0.0513. The molecule has 0 fully saturated rings. The first-order chi connectivity index (χ1) is 10.0. The molecule has 0 aliphatic rings. The molecule has 5 heteroatoms. The van der Waals surface area contributed by atoms with E-state index in [2.05, 4.69) is 6.58 Å². The molecular formula is C16H16ClNO2S. The van der Waals surface area contributed by atoms with Gasteiger partial charge in [0.25, 0.3) is 0 Å². The molecule has 2 aromatic carbocycles. The highest BCUT2D eigenvalue weighted by atomic mass is 35.5. The van der Waals surface area contributed by atoms with E-state index in [1.54, 1.807) is 42.5 Å². The Balaban J connectivity index is 2.32. The number of hydrogen-bond acceptors (Lipinski definition) is 2. The van der Waals surface area contributed by atoms with Crippen molar-refractivity contribution in [2.24, 2.45) is 0 Å². The lowest BCUT2D eigenvalue weighted by atomic mass is 10.2. The minimum Gasteiger partial charge on any atom is -0.266 e. The molecule has 0 unspecified atom stereocenters. The lowest BCUT2D eigenvalue weighted by Gasteiger charge is -2.23. The molecule has 0 aliphatic carbocycles. The quantitative estimate of drug-likeness (QED) is 0.758. The number of rotatable bonds is 6. The molecule has 0 saturated carbocycles. The van der Waals surface area contributed by atoms with Crippen molar-refractivity contribution in [3.05, 3.63) is 77.8 Å². The van der Waals surface area contributed by atoms with E-state index in [9.17, 15) is 8.42 Å². The highest BCUT2D eigenvalue weighted by molar-refractivity contribution is 7.92. The molecule has 0 N–H and O–H groups in total. The predicted octanol–water partition coefficient (Wildman–Crippen LogP) is 3.86. The zero-order chi connectivity index (χ0) is 15.3. The largest absolute Gasteiger partial charge is 0.266 e. The monoisotopic (exact) mass is 321 g/mol. The molecule has 0 aliphatic heterocycles. The third-order valence-electron chi connectivity index (χ3n) is 2.94. The summed E-state index contributed by atoms with van der Waals surface area (Å²) >= 11 is 5.85. The van der Waals surface area contributed by atoms with Crippen LogP contribution in [0.3, 0.4) is 0 Å². The van der Waals surface area contributed by atoms with Gasteiger partial charge in [0.15, 0.2) is 0 Å². The molecule has 0 amide bonds. The first kappa shape index (κ1) is 15.6. The fraction of sp³-hybridized carbons (Fsp3) is 0.125. The van der Waals surface area contributed by atoms with Gasteiger partial charge in [-0.15, -0.1) is 6.58 Å². The Labute approximate surface area is 130 Å². The minimum atomic E-state index is -3.48. The van der Waals surface area contributed by atoms with E-state index < -0.39 is 10.0 Å². The van der Waals surface area contributed by atoms with Gasteiger partial charge in [0.05, 0.1) is 18.0 Å². The number of halogens is 1. The number of anilines is 1. The van der Waals surface area contributed by atoms with Gasteiger partial charge in [-0.1, -0.05) is 48.0 Å². The van der Waals surface area contributed by atoms with Crippen LogP contribution in [0.2, 0.25) is 5.02 Å². The molecule has 0 atom stereocenters. The number of hydrogen-bond donors (Lipinski definition) is 0. The van der Waals surface area contributed by atoms with Gasteiger partial charge in [-0.25, -0.2) is 8.42 Å². The van der Waals surface area contributed by atoms with Crippen LogP contribution in [-0.2, 0) is 15.8 Å². The molecular weight excluding hydrogens is 306 g/mol. The summed E-state index contributed by atoms with van der Waals surface area (Å²) in [5.41, 5.74) is 1.33. The van der Waals surface area contributed by atoms with Crippen molar-refractivity contribution in [3.8, 4) is 0 Å². The van der Waals surface area contributed by atoms with Crippen LogP contribution in [0.1, 0.15) is 5.56 Å². The van der Waals surface area contributed by atoms with Gasteiger partial charge in [0.2, 0.25) is 10.0 Å². The Morgan fingerprint density at radius 1 is 1.05 bits per heavy atom. The Morgan fingerprint density at radius 3 is 2.24 bits per heavy atom. The van der Waals surface area contributed by atoms with Gasteiger partial charge < -0.3 is 0 Å². The maximum atomic E-state index is 12.6. The van der Waals surface area contributed by atoms with Crippen molar-refractivity contribution < 1.29 is 8.42 Å². The maximum absolute atomic E-state index is 12.6. The van der Waals surface area contributed by atoms with E-state index >= 15 is 0 Å². The van der Waals surface area contributed by atoms with Crippen molar-refractivity contribution >= 4 is 27.3 Å². The van der Waals surface area contributed by atoms with Gasteiger partial charge in [-0.3, -0.25) is 4.31 Å². The van der Waals surface area contributed by atoms with E-state index in [0.29, 0.717) is 10.7 Å². The summed E-state index contributed by atoms with van der Waals surface area (Å²) in [6, 6.07) is 15.8. The summed E-state index contributed by atoms with van der Waals surface area (Å²) in [6.45, 7) is 3.85. The van der Waals surface area contributed by atoms with Crippen LogP contribution in [0, 0.1) is 0 Å². The first-order valence-corrected chi connectivity index (χ1v) is 8.42. The lowest BCUT2D eigenvalue weighted by molar-refractivity contribution is 0.592. The van der Waals surface area contributed by atoms with Crippen molar-refractivity contribution in [1.29, 1.82) is 0 Å². The van der Waals surface area contributed by atoms with Crippen LogP contribution >= 0.6 is 11.6 Å². The number of benzene rings is 2. The molecule has 0 bridgehead atoms. The Bertz CT molecular complexity index is 697. The third kappa shape index (κ3) is 4.09. The second kappa shape index (κ2) is 6.78. The predicted molar refractivity (Wildman–Crippen MR) is 88.1 cm³/mol. The SMILES string of the molecule is C=CCN(c1ccc(Cl)cc1)S(=O)(=O)Cc1ccccc1. The third-order valence-corrected chi connectivity index (χ3v) is 4.92. The highest BCUT2D eigenvalue weighted by Gasteiger charge is 2.21. The molecule has 2 aromatic rings. The Hall–Kier alpha value is -1.78. The molecule has 21 heavy (non-hydrogen) atoms. The standard InChI is InChI=1S/C16H16ClNO2S/c1-2-12-18(16-10-8-15(17)9-11-16)21(19,20)13-14-6-4-3-5-7-14/h2-11H,1,12-13H2. The summed E-state index contributed by atoms with van der Waals surface area (Å²) < 4.78 is 26.6. The summed E-state index contributed by atoms with van der Waals surface area (Å²) in [7, 11) is -3.48. The van der Waals surface area contributed by atoms with Crippen LogP contribution in [-0.4, -0.2) is 15.0 Å². The molecule has 0 radical (unpaired) electrons. The normalized spacial score (nSPS) is 11.1. The molecule has 0 heterocycles. The van der Waals surface area contributed by atoms with Crippen molar-refractivity contribution in [2.75, 3.05) is 10.8 Å². The zero-order valence-electron chi connectivity index (χ0n) is 11.4. The van der Waals surface area contributed by atoms with Crippen LogP contribution in [0.4, 0.5) is 5.69 Å². The van der Waals surface area contributed by atoms with Crippen molar-refractivity contribution in [2.45, 2.75) is 5.75 Å². The van der Waals surface area contributed by atoms with E-state index in [1.165, 1.54) is 4.31 Å². The fourth-order valence-corrected chi connectivity index (χ4v) is 3.64. The average molecular weight is 322 g/mol. The Morgan fingerprint density at radius 2 is 1.67 bits per heavy atom. The van der Waals surface area contributed by atoms with E-state index in [4.69, 9.17) is 11.6 Å². The summed E-state index contributed by atoms with van der Waals surface area (Å²) in [5.74, 6) is -0.0513. The van der Waals surface area contributed by atoms with Gasteiger partial charge >= 0.3 is 0 Å². The summed E-state index contributed by atoms with van der Waals surface area (Å²) in [6.07, 6.45) is 1.57. The molecule has 0 spiro atoms.